The summed E-state index contributed by atoms with van der Waals surface area (Å²) in [6.45, 7) is 37.6. The van der Waals surface area contributed by atoms with Crippen molar-refractivity contribution in [3.8, 4) is 0 Å². The van der Waals surface area contributed by atoms with E-state index in [0.29, 0.717) is 34.0 Å². The molecule has 0 amide bonds. The van der Waals surface area contributed by atoms with Crippen LogP contribution < -0.4 is 0 Å². The maximum atomic E-state index is 13.5. The van der Waals surface area contributed by atoms with Crippen LogP contribution in [0.2, 0.25) is 0 Å². The molecule has 0 bridgehead atoms. The summed E-state index contributed by atoms with van der Waals surface area (Å²) in [7, 11) is -6.88. The standard InChI is InChI=1S/C35H56O5S.C34H54O5S.CH4/c1-9-23(3)18-32-28(8)31(22-41(36,37)30-14-12-11-13-15-30)33(39-32)20-25(5)27(7)24(4)19-29-16-17-34-35(10-2,40-29)21-26(6)38-34;1-8-23(3)19-32-27(7)30(22-40(35,36)29-13-11-10-12-14-29)31(38-32)17-15-24(4)25(5)20-28-16-18-33-34(9-2,39-28)21-26(6)37-33;/h11-15,23-26,28-29,31-34H,7,9-10,16-22H2,1-6,8H3;10-14,23,25-28,30-33H,4,8-9,15-22H2,1-3,5-7H3;1H4/t23?,24-,25-,26+,28-,29-,31-,32-,33?,34+,35+;23?,25-,26+,27-,28?,30-,31?,32-,33+,34+;/m11./s1/i;15T;/t;15-,23?,25+,26-,27+,28?,30+,31?,32+,33-,34-;/m.0.. The normalized spacial score (nSPS) is 36.0. The topological polar surface area (TPSA) is 124 Å². The quantitative estimate of drug-likeness (QED) is 0.0841. The van der Waals surface area contributed by atoms with Gasteiger partial charge >= 0.3 is 0 Å². The zero-order valence-electron chi connectivity index (χ0n) is 53.4. The molecule has 6 heterocycles. The van der Waals surface area contributed by atoms with E-state index in [4.69, 9.17) is 29.8 Å². The zero-order valence-corrected chi connectivity index (χ0v) is 54.0. The average Bonchev–Trinajstić information content (AvgIpc) is 3.07. The lowest BCUT2D eigenvalue weighted by molar-refractivity contribution is -0.170. The van der Waals surface area contributed by atoms with Gasteiger partial charge in [-0.15, -0.1) is 0 Å². The molecule has 0 spiro atoms. The van der Waals surface area contributed by atoms with Gasteiger partial charge in [-0.3, -0.25) is 0 Å². The van der Waals surface area contributed by atoms with Crippen LogP contribution in [-0.2, 0) is 48.1 Å². The Morgan fingerprint density at radius 3 is 1.39 bits per heavy atom. The Kier molecular flexibility index (Phi) is 24.5. The third-order valence-corrected chi connectivity index (χ3v) is 24.6. The highest BCUT2D eigenvalue weighted by atomic mass is 32.2. The second kappa shape index (κ2) is 30.0. The fourth-order valence-corrected chi connectivity index (χ4v) is 18.6. The van der Waals surface area contributed by atoms with Crippen molar-refractivity contribution in [2.75, 3.05) is 11.5 Å². The third kappa shape index (κ3) is 16.8. The predicted molar refractivity (Wildman–Crippen MR) is 336 cm³/mol. The van der Waals surface area contributed by atoms with Gasteiger partial charge < -0.3 is 28.4 Å². The van der Waals surface area contributed by atoms with Crippen molar-refractivity contribution in [3.63, 3.8) is 0 Å². The van der Waals surface area contributed by atoms with Crippen molar-refractivity contribution in [2.45, 2.75) is 289 Å². The zero-order chi connectivity index (χ0) is 59.9. The number of ether oxygens (including phenoxy) is 6. The monoisotopic (exact) mass is 1180 g/mol. The van der Waals surface area contributed by atoms with Gasteiger partial charge in [-0.2, -0.15) is 0 Å². The molecule has 0 aliphatic carbocycles. The summed E-state index contributed by atoms with van der Waals surface area (Å²) in [6, 6.07) is 17.6. The molecule has 10 nitrogen and oxygen atoms in total. The molecule has 0 aromatic heterocycles. The Hall–Kier alpha value is -2.42. The van der Waals surface area contributed by atoms with Gasteiger partial charge in [0, 0.05) is 26.0 Å². The summed E-state index contributed by atoms with van der Waals surface area (Å²) in [5.41, 5.74) is 1.80. The molecule has 6 aliphatic rings. The first-order valence-corrected chi connectivity index (χ1v) is 35.4. The summed E-state index contributed by atoms with van der Waals surface area (Å²) in [5.74, 6) is 2.03. The van der Waals surface area contributed by atoms with Crippen molar-refractivity contribution < 1.29 is 46.6 Å². The molecule has 22 atom stereocenters. The molecule has 82 heavy (non-hydrogen) atoms. The van der Waals surface area contributed by atoms with E-state index in [1.807, 2.05) is 12.1 Å². The fourth-order valence-electron chi connectivity index (χ4n) is 15.0. The minimum atomic E-state index is -3.47. The van der Waals surface area contributed by atoms with Crippen molar-refractivity contribution in [2.24, 2.45) is 53.3 Å². The van der Waals surface area contributed by atoms with E-state index in [9.17, 15) is 16.8 Å². The Labute approximate surface area is 502 Å². The first-order valence-electron chi connectivity index (χ1n) is 32.7. The van der Waals surface area contributed by atoms with Gasteiger partial charge in [0.1, 0.15) is 0 Å². The van der Waals surface area contributed by atoms with Crippen molar-refractivity contribution >= 4 is 19.7 Å². The van der Waals surface area contributed by atoms with E-state index in [1.54, 1.807) is 48.5 Å². The van der Waals surface area contributed by atoms with Gasteiger partial charge in [-0.25, -0.2) is 16.8 Å². The number of allylic oxidation sites excluding steroid dienone is 2. The maximum absolute atomic E-state index is 13.5. The van der Waals surface area contributed by atoms with Crippen LogP contribution >= 0.6 is 0 Å². The largest absolute Gasteiger partial charge is 0.374 e. The van der Waals surface area contributed by atoms with Gasteiger partial charge in [0.25, 0.3) is 0 Å². The molecule has 466 valence electrons. The van der Waals surface area contributed by atoms with E-state index in [0.717, 1.165) is 102 Å². The van der Waals surface area contributed by atoms with Gasteiger partial charge in [-0.1, -0.05) is 157 Å². The molecule has 2 aromatic carbocycles. The van der Waals surface area contributed by atoms with Crippen LogP contribution in [0.5, 0.6) is 0 Å². The number of rotatable bonds is 26. The Morgan fingerprint density at radius 1 is 0.561 bits per heavy atom. The Balaban J connectivity index is 0.000000263. The molecule has 5 unspecified atom stereocenters. The molecule has 6 saturated heterocycles. The fraction of sp³-hybridized carbons (Fsp3) is 0.771. The van der Waals surface area contributed by atoms with Crippen LogP contribution in [0.1, 0.15) is 208 Å². The van der Waals surface area contributed by atoms with Gasteiger partial charge in [-0.05, 0) is 163 Å². The minimum absolute atomic E-state index is 0. The average molecular weight is 1180 g/mol. The van der Waals surface area contributed by atoms with Crippen molar-refractivity contribution in [1.82, 2.24) is 0 Å². The third-order valence-electron chi connectivity index (χ3n) is 20.9. The summed E-state index contributed by atoms with van der Waals surface area (Å²) in [6.07, 6.45) is 15.6. The first kappa shape index (κ1) is 67.1. The number of benzene rings is 2. The van der Waals surface area contributed by atoms with Crippen LogP contribution in [0, 0.1) is 53.3 Å². The lowest BCUT2D eigenvalue weighted by Crippen LogP contribution is -2.48. The highest BCUT2D eigenvalue weighted by Crippen LogP contribution is 2.48. The maximum Gasteiger partial charge on any atom is 0.178 e. The lowest BCUT2D eigenvalue weighted by Gasteiger charge is -2.42. The Bertz CT molecular complexity index is 2390. The molecule has 12 heteroatoms. The van der Waals surface area contributed by atoms with Gasteiger partial charge in [0.15, 0.2) is 19.7 Å². The smallest absolute Gasteiger partial charge is 0.178 e. The molecule has 6 aliphatic heterocycles. The van der Waals surface area contributed by atoms with Gasteiger partial charge in [0.05, 0.1) is 93.5 Å². The lowest BCUT2D eigenvalue weighted by atomic mass is 9.79. The van der Waals surface area contributed by atoms with Crippen LogP contribution in [0.15, 0.2) is 94.8 Å². The molecule has 2 aromatic rings. The minimum Gasteiger partial charge on any atom is -0.374 e. The summed E-state index contributed by atoms with van der Waals surface area (Å²) >= 11 is 0. The SMILES string of the molecule is C.C=C([C@H](C)CC1O[C@H](CC(C)CC)[C@H](C)[C@H]1CS(=O)(=O)c1ccccc1)[C@H](C)C[C@H]1CC[C@@H]2O[C@@H](C)C[C@]2(CC)O1.[3H][C@@H](CC1O[C@H](CC(C)CC)[C@H](C)[C@H]1CS(=O)(=O)c1ccccc1)C(=C)[C@H](C)CC1CC[C@@H]2O[C@@H](C)C[C@]2(CC)O1. The van der Waals surface area contributed by atoms with Crippen LogP contribution in [0.4, 0.5) is 0 Å². The number of hydrogen-bond acceptors (Lipinski definition) is 10. The second-order valence-corrected chi connectivity index (χ2v) is 31.0. The van der Waals surface area contributed by atoms with Crippen LogP contribution in [-0.4, -0.2) is 101 Å². The van der Waals surface area contributed by atoms with E-state index >= 15 is 0 Å². The van der Waals surface area contributed by atoms with E-state index in [2.05, 4.69) is 103 Å². The molecule has 0 N–H and O–H groups in total. The highest BCUT2D eigenvalue weighted by molar-refractivity contribution is 7.91. The summed E-state index contributed by atoms with van der Waals surface area (Å²) in [5, 5.41) is 0. The van der Waals surface area contributed by atoms with E-state index in [-0.39, 0.29) is 127 Å². The van der Waals surface area contributed by atoms with Crippen LogP contribution in [0.25, 0.3) is 0 Å². The number of fused-ring (bicyclic) bond motifs is 2. The van der Waals surface area contributed by atoms with Crippen molar-refractivity contribution in [3.05, 3.63) is 85.0 Å². The summed E-state index contributed by atoms with van der Waals surface area (Å²) in [4.78, 5) is 0.766. The molecule has 0 saturated carbocycles. The molecule has 6 fully saturated rings. The molecule has 8 rings (SSSR count). The molecular formula is C70H114O10S2. The predicted octanol–water partition coefficient (Wildman–Crippen LogP) is 16.5. The molecule has 0 radical (unpaired) electrons. The Morgan fingerprint density at radius 2 is 0.963 bits per heavy atom. The highest BCUT2D eigenvalue weighted by Gasteiger charge is 2.53. The number of hydrogen-bond donors (Lipinski definition) is 0. The summed E-state index contributed by atoms with van der Waals surface area (Å²) < 4.78 is 102. The van der Waals surface area contributed by atoms with E-state index < -0.39 is 26.1 Å². The van der Waals surface area contributed by atoms with Crippen LogP contribution in [0.3, 0.4) is 0 Å². The van der Waals surface area contributed by atoms with E-state index in [1.165, 1.54) is 5.57 Å². The first-order chi connectivity index (χ1) is 38.8. The molecular weight excluding hydrogens is 1060 g/mol. The van der Waals surface area contributed by atoms with Crippen molar-refractivity contribution in [1.29, 1.82) is 0 Å². The second-order valence-electron chi connectivity index (χ2n) is 26.9. The van der Waals surface area contributed by atoms with Gasteiger partial charge in [0.2, 0.25) is 0 Å². The number of sulfone groups is 2.